The number of carbonyl (C=O) groups excluding carboxylic acids is 2. The lowest BCUT2D eigenvalue weighted by Crippen LogP contribution is -2.24. The number of rotatable bonds is 7. The number of ether oxygens (including phenoxy) is 1. The number of benzene rings is 2. The Morgan fingerprint density at radius 2 is 1.84 bits per heavy atom. The lowest BCUT2D eigenvalue weighted by atomic mass is 10.1. The van der Waals surface area contributed by atoms with Crippen molar-refractivity contribution >= 4 is 28.7 Å². The number of likely N-dealkylation sites (tertiary alicyclic amines) is 1. The molecule has 4 rings (SSSR count). The Kier molecular flexibility index (Phi) is 6.26. The number of hydrogen-bond donors (Lipinski definition) is 1. The van der Waals surface area contributed by atoms with Gasteiger partial charge in [-0.3, -0.25) is 9.59 Å². The Morgan fingerprint density at radius 1 is 1.16 bits per heavy atom. The third-order valence-corrected chi connectivity index (χ3v) is 5.53. The number of nitriles is 1. The summed E-state index contributed by atoms with van der Waals surface area (Å²) < 4.78 is 4.80. The van der Waals surface area contributed by atoms with Gasteiger partial charge in [0.15, 0.2) is 11.7 Å². The summed E-state index contributed by atoms with van der Waals surface area (Å²) in [4.78, 5) is 35.3. The van der Waals surface area contributed by atoms with Gasteiger partial charge in [-0.1, -0.05) is 36.4 Å². The average Bonchev–Trinajstić information content (AvgIpc) is 3.22. The quantitative estimate of drug-likeness (QED) is 0.575. The smallest absolute Gasteiger partial charge is 0.329 e. The molecule has 2 heterocycles. The van der Waals surface area contributed by atoms with Crippen molar-refractivity contribution in [3.8, 4) is 6.07 Å². The molecule has 1 atom stereocenters. The Balaban J connectivity index is 1.65. The van der Waals surface area contributed by atoms with Gasteiger partial charge in [0.1, 0.15) is 5.69 Å². The lowest BCUT2D eigenvalue weighted by Gasteiger charge is -2.19. The van der Waals surface area contributed by atoms with E-state index in [0.29, 0.717) is 36.4 Å². The topological polar surface area (TPSA) is 108 Å². The van der Waals surface area contributed by atoms with Crippen LogP contribution in [0.5, 0.6) is 0 Å². The zero-order valence-electron chi connectivity index (χ0n) is 17.7. The number of fused-ring (bicyclic) bond motifs is 1. The zero-order valence-corrected chi connectivity index (χ0v) is 17.7. The SMILES string of the molecule is COC(=O)[C@H](C#N)c1nc2ccccc2nc1NCc1ccccc1CN1CCCC1=O. The fraction of sp³-hybridized carbons (Fsp3) is 0.292. The average molecular weight is 429 g/mol. The summed E-state index contributed by atoms with van der Waals surface area (Å²) in [7, 11) is 1.24. The molecule has 1 aliphatic heterocycles. The second kappa shape index (κ2) is 9.43. The first-order valence-electron chi connectivity index (χ1n) is 10.4. The van der Waals surface area contributed by atoms with Crippen LogP contribution in [-0.2, 0) is 27.4 Å². The largest absolute Gasteiger partial charge is 0.468 e. The number of anilines is 1. The van der Waals surface area contributed by atoms with Crippen molar-refractivity contribution in [3.05, 3.63) is 65.4 Å². The molecule has 0 saturated carbocycles. The van der Waals surface area contributed by atoms with Crippen molar-refractivity contribution in [2.45, 2.75) is 31.8 Å². The van der Waals surface area contributed by atoms with Crippen LogP contribution in [0.3, 0.4) is 0 Å². The third-order valence-electron chi connectivity index (χ3n) is 5.53. The predicted molar refractivity (Wildman–Crippen MR) is 118 cm³/mol. The highest BCUT2D eigenvalue weighted by Crippen LogP contribution is 2.26. The number of nitrogens with zero attached hydrogens (tertiary/aromatic N) is 4. The van der Waals surface area contributed by atoms with Crippen molar-refractivity contribution < 1.29 is 14.3 Å². The minimum atomic E-state index is -1.20. The minimum absolute atomic E-state index is 0.172. The predicted octanol–water partition coefficient (Wildman–Crippen LogP) is 3.14. The van der Waals surface area contributed by atoms with E-state index in [-0.39, 0.29) is 11.6 Å². The van der Waals surface area contributed by atoms with Gasteiger partial charge in [-0.25, -0.2) is 9.97 Å². The van der Waals surface area contributed by atoms with Crippen LogP contribution in [0, 0.1) is 11.3 Å². The van der Waals surface area contributed by atoms with Gasteiger partial charge < -0.3 is 15.0 Å². The molecule has 162 valence electrons. The first kappa shape index (κ1) is 21.2. The molecule has 3 aromatic rings. The zero-order chi connectivity index (χ0) is 22.5. The summed E-state index contributed by atoms with van der Waals surface area (Å²) >= 11 is 0. The molecular formula is C24H23N5O3. The molecule has 0 aliphatic carbocycles. The van der Waals surface area contributed by atoms with E-state index >= 15 is 0 Å². The van der Waals surface area contributed by atoms with Gasteiger partial charge in [0.05, 0.1) is 24.2 Å². The molecule has 0 spiro atoms. The maximum absolute atomic E-state index is 12.2. The summed E-state index contributed by atoms with van der Waals surface area (Å²) in [5, 5.41) is 12.9. The molecular weight excluding hydrogens is 406 g/mol. The maximum atomic E-state index is 12.2. The second-order valence-corrected chi connectivity index (χ2v) is 7.57. The Labute approximate surface area is 185 Å². The molecule has 2 aromatic carbocycles. The molecule has 0 radical (unpaired) electrons. The normalized spacial score (nSPS) is 14.2. The molecule has 0 unspecified atom stereocenters. The van der Waals surface area contributed by atoms with E-state index in [1.54, 1.807) is 6.07 Å². The van der Waals surface area contributed by atoms with Gasteiger partial charge in [0.25, 0.3) is 0 Å². The van der Waals surface area contributed by atoms with Gasteiger partial charge >= 0.3 is 5.97 Å². The molecule has 8 nitrogen and oxygen atoms in total. The number of aromatic nitrogens is 2. The fourth-order valence-corrected chi connectivity index (χ4v) is 3.83. The van der Waals surface area contributed by atoms with Gasteiger partial charge in [0.2, 0.25) is 5.91 Å². The first-order valence-corrected chi connectivity index (χ1v) is 10.4. The van der Waals surface area contributed by atoms with Crippen LogP contribution in [0.15, 0.2) is 48.5 Å². The van der Waals surface area contributed by atoms with E-state index < -0.39 is 11.9 Å². The molecule has 1 aromatic heterocycles. The molecule has 0 bridgehead atoms. The molecule has 1 aliphatic rings. The molecule has 1 N–H and O–H groups in total. The van der Waals surface area contributed by atoms with Crippen LogP contribution in [0.4, 0.5) is 5.82 Å². The van der Waals surface area contributed by atoms with Crippen molar-refractivity contribution in [1.29, 1.82) is 5.26 Å². The molecule has 8 heteroatoms. The number of para-hydroxylation sites is 2. The van der Waals surface area contributed by atoms with Gasteiger partial charge in [-0.2, -0.15) is 5.26 Å². The standard InChI is InChI=1S/C24H23N5O3/c1-32-24(31)18(13-25)22-23(28-20-10-5-4-9-19(20)27-22)26-14-16-7-2-3-8-17(16)15-29-12-6-11-21(29)30/h2-5,7-10,18H,6,11-12,14-15H2,1H3,(H,26,28)/t18-/m1/s1. The van der Waals surface area contributed by atoms with E-state index in [1.807, 2.05) is 53.4 Å². The summed E-state index contributed by atoms with van der Waals surface area (Å²) in [6, 6.07) is 17.1. The van der Waals surface area contributed by atoms with E-state index in [4.69, 9.17) is 4.74 Å². The van der Waals surface area contributed by atoms with E-state index in [1.165, 1.54) is 7.11 Å². The maximum Gasteiger partial charge on any atom is 0.329 e. The lowest BCUT2D eigenvalue weighted by molar-refractivity contribution is -0.141. The number of hydrogen-bond acceptors (Lipinski definition) is 7. The monoisotopic (exact) mass is 429 g/mol. The molecule has 32 heavy (non-hydrogen) atoms. The first-order chi connectivity index (χ1) is 15.6. The van der Waals surface area contributed by atoms with Crippen LogP contribution in [0.1, 0.15) is 35.6 Å². The van der Waals surface area contributed by atoms with Crippen molar-refractivity contribution in [1.82, 2.24) is 14.9 Å². The summed E-state index contributed by atoms with van der Waals surface area (Å²) in [6.07, 6.45) is 1.48. The Hall–Kier alpha value is -3.99. The van der Waals surface area contributed by atoms with Gasteiger partial charge in [0, 0.05) is 26.1 Å². The van der Waals surface area contributed by atoms with Crippen molar-refractivity contribution in [2.24, 2.45) is 0 Å². The van der Waals surface area contributed by atoms with Crippen LogP contribution in [0.25, 0.3) is 11.0 Å². The number of methoxy groups -OCH3 is 1. The highest BCUT2D eigenvalue weighted by Gasteiger charge is 2.27. The Bertz CT molecular complexity index is 1200. The molecule has 1 amide bonds. The summed E-state index contributed by atoms with van der Waals surface area (Å²) in [6.45, 7) is 1.72. The fourth-order valence-electron chi connectivity index (χ4n) is 3.83. The molecule has 1 saturated heterocycles. The highest BCUT2D eigenvalue weighted by atomic mass is 16.5. The Morgan fingerprint density at radius 3 is 2.50 bits per heavy atom. The highest BCUT2D eigenvalue weighted by molar-refractivity contribution is 5.85. The van der Waals surface area contributed by atoms with Gasteiger partial charge in [-0.15, -0.1) is 0 Å². The summed E-state index contributed by atoms with van der Waals surface area (Å²) in [5.74, 6) is -1.36. The summed E-state index contributed by atoms with van der Waals surface area (Å²) in [5.41, 5.74) is 3.50. The molecule has 1 fully saturated rings. The van der Waals surface area contributed by atoms with Gasteiger partial charge in [-0.05, 0) is 29.7 Å². The van der Waals surface area contributed by atoms with E-state index in [0.717, 1.165) is 24.1 Å². The second-order valence-electron chi connectivity index (χ2n) is 7.57. The number of nitrogens with one attached hydrogen (secondary N) is 1. The van der Waals surface area contributed by atoms with E-state index in [2.05, 4.69) is 15.3 Å². The number of carbonyl (C=O) groups is 2. The van der Waals surface area contributed by atoms with Crippen LogP contribution >= 0.6 is 0 Å². The van der Waals surface area contributed by atoms with Crippen molar-refractivity contribution in [3.63, 3.8) is 0 Å². The third kappa shape index (κ3) is 4.37. The van der Waals surface area contributed by atoms with Crippen LogP contribution in [-0.4, -0.2) is 40.4 Å². The van der Waals surface area contributed by atoms with E-state index in [9.17, 15) is 14.9 Å². The number of esters is 1. The van der Waals surface area contributed by atoms with Crippen molar-refractivity contribution in [2.75, 3.05) is 19.0 Å². The number of amides is 1. The van der Waals surface area contributed by atoms with Crippen LogP contribution in [0.2, 0.25) is 0 Å². The minimum Gasteiger partial charge on any atom is -0.468 e. The van der Waals surface area contributed by atoms with Crippen LogP contribution < -0.4 is 5.32 Å².